The molecule has 1 heterocycles. The molecule has 0 unspecified atom stereocenters. The molecule has 1 aromatic carbocycles. The van der Waals surface area contributed by atoms with Crippen molar-refractivity contribution in [3.63, 3.8) is 0 Å². The van der Waals surface area contributed by atoms with Crippen LogP contribution in [-0.2, 0) is 0 Å². The van der Waals surface area contributed by atoms with Gasteiger partial charge in [0.15, 0.2) is 0 Å². The molecule has 0 aliphatic rings. The van der Waals surface area contributed by atoms with Crippen LogP contribution in [-0.4, -0.2) is 7.11 Å². The topological polar surface area (TPSA) is 9.23 Å². The molecule has 2 heteroatoms. The summed E-state index contributed by atoms with van der Waals surface area (Å²) < 4.78 is 6.49. The average molecular weight is 220 g/mol. The second kappa shape index (κ2) is 4.99. The van der Waals surface area contributed by atoms with E-state index < -0.39 is 0 Å². The number of thiophene rings is 1. The number of hydrogen-bond donors (Lipinski definition) is 0. The molecule has 0 fully saturated rings. The highest BCUT2D eigenvalue weighted by molar-refractivity contribution is 7.19. The Labute approximate surface area is 95.0 Å². The zero-order valence-electron chi connectivity index (χ0n) is 9.46. The Kier molecular flexibility index (Phi) is 3.92. The van der Waals surface area contributed by atoms with Gasteiger partial charge in [0, 0.05) is 9.58 Å². The van der Waals surface area contributed by atoms with E-state index in [1.54, 1.807) is 7.11 Å². The van der Waals surface area contributed by atoms with E-state index in [4.69, 9.17) is 4.74 Å². The summed E-state index contributed by atoms with van der Waals surface area (Å²) in [6.07, 6.45) is 0. The van der Waals surface area contributed by atoms with Gasteiger partial charge in [-0.25, -0.2) is 0 Å². The van der Waals surface area contributed by atoms with Crippen molar-refractivity contribution < 1.29 is 4.74 Å². The normalized spacial score (nSPS) is 9.53. The summed E-state index contributed by atoms with van der Waals surface area (Å²) in [5.74, 6) is 0.939. The van der Waals surface area contributed by atoms with Gasteiger partial charge in [0.1, 0.15) is 5.75 Å². The molecule has 0 aliphatic carbocycles. The maximum atomic E-state index is 5.18. The van der Waals surface area contributed by atoms with E-state index in [2.05, 4.69) is 39.1 Å². The summed E-state index contributed by atoms with van der Waals surface area (Å²) in [7, 11) is 1.70. The molecule has 0 saturated heterocycles. The molecule has 0 N–H and O–H groups in total. The molecule has 0 saturated carbocycles. The van der Waals surface area contributed by atoms with Crippen LogP contribution in [0.3, 0.4) is 0 Å². The van der Waals surface area contributed by atoms with Crippen LogP contribution in [0, 0.1) is 13.8 Å². The molecule has 2 rings (SSSR count). The fraction of sp³-hybridized carbons (Fsp3) is 0.231. The summed E-state index contributed by atoms with van der Waals surface area (Å²) in [5.41, 5.74) is 1.39. The summed E-state index contributed by atoms with van der Waals surface area (Å²) >= 11 is 1.83. The van der Waals surface area contributed by atoms with Gasteiger partial charge in [-0.15, -0.1) is 24.5 Å². The standard InChI is InChI=1S/C11H12OS.C2H4/c1-7-8(2)13-11-6-9(12-3)4-5-10(7)11;1-2/h4-6H,1-3H3;1-2H2. The predicted molar refractivity (Wildman–Crippen MR) is 69.1 cm³/mol. The predicted octanol–water partition coefficient (Wildman–Crippen LogP) is 4.33. The highest BCUT2D eigenvalue weighted by Crippen LogP contribution is 2.32. The van der Waals surface area contributed by atoms with Crippen molar-refractivity contribution in [2.45, 2.75) is 13.8 Å². The molecule has 0 amide bonds. The van der Waals surface area contributed by atoms with E-state index in [0.717, 1.165) is 5.75 Å². The third-order valence-electron chi connectivity index (χ3n) is 2.38. The van der Waals surface area contributed by atoms with Gasteiger partial charge >= 0.3 is 0 Å². The van der Waals surface area contributed by atoms with Crippen LogP contribution >= 0.6 is 11.3 Å². The van der Waals surface area contributed by atoms with Crippen LogP contribution in [0.25, 0.3) is 10.1 Å². The first-order chi connectivity index (χ1) is 7.22. The van der Waals surface area contributed by atoms with Gasteiger partial charge in [-0.3, -0.25) is 0 Å². The molecule has 0 bridgehead atoms. The van der Waals surface area contributed by atoms with Crippen LogP contribution < -0.4 is 4.74 Å². The maximum absolute atomic E-state index is 5.18. The van der Waals surface area contributed by atoms with Crippen LogP contribution in [0.4, 0.5) is 0 Å². The second-order valence-electron chi connectivity index (χ2n) is 3.15. The Bertz CT molecular complexity index is 457. The minimum absolute atomic E-state index is 0.939. The van der Waals surface area contributed by atoms with Gasteiger partial charge < -0.3 is 4.74 Å². The summed E-state index contributed by atoms with van der Waals surface area (Å²) in [5, 5.41) is 1.35. The van der Waals surface area contributed by atoms with Crippen LogP contribution in [0.5, 0.6) is 5.75 Å². The van der Waals surface area contributed by atoms with Crippen molar-refractivity contribution in [1.82, 2.24) is 0 Å². The number of methoxy groups -OCH3 is 1. The van der Waals surface area contributed by atoms with Crippen molar-refractivity contribution in [3.05, 3.63) is 41.8 Å². The van der Waals surface area contributed by atoms with E-state index >= 15 is 0 Å². The molecular weight excluding hydrogens is 204 g/mol. The Morgan fingerprint density at radius 2 is 1.87 bits per heavy atom. The number of rotatable bonds is 1. The van der Waals surface area contributed by atoms with Crippen molar-refractivity contribution in [2.75, 3.05) is 7.11 Å². The van der Waals surface area contributed by atoms with Crippen molar-refractivity contribution >= 4 is 21.4 Å². The lowest BCUT2D eigenvalue weighted by molar-refractivity contribution is 0.415. The minimum Gasteiger partial charge on any atom is -0.497 e. The molecule has 1 aromatic heterocycles. The summed E-state index contributed by atoms with van der Waals surface area (Å²) in [6, 6.07) is 6.24. The highest BCUT2D eigenvalue weighted by atomic mass is 32.1. The van der Waals surface area contributed by atoms with Crippen molar-refractivity contribution in [1.29, 1.82) is 0 Å². The average Bonchev–Trinajstić information content (AvgIpc) is 2.57. The number of fused-ring (bicyclic) bond motifs is 1. The molecule has 0 atom stereocenters. The van der Waals surface area contributed by atoms with Crippen LogP contribution in [0.1, 0.15) is 10.4 Å². The van der Waals surface area contributed by atoms with Gasteiger partial charge in [-0.05, 0) is 43.0 Å². The lowest BCUT2D eigenvalue weighted by atomic mass is 10.1. The van der Waals surface area contributed by atoms with Crippen LogP contribution in [0.2, 0.25) is 0 Å². The third-order valence-corrected chi connectivity index (χ3v) is 3.55. The molecule has 0 aliphatic heterocycles. The van der Waals surface area contributed by atoms with Gasteiger partial charge in [0.25, 0.3) is 0 Å². The molecule has 1 nitrogen and oxygen atoms in total. The Balaban J connectivity index is 0.000000531. The molecule has 80 valence electrons. The number of hydrogen-bond acceptors (Lipinski definition) is 2. The summed E-state index contributed by atoms with van der Waals surface area (Å²) in [4.78, 5) is 1.39. The number of benzene rings is 1. The number of ether oxygens (including phenoxy) is 1. The Hall–Kier alpha value is -1.28. The Morgan fingerprint density at radius 1 is 1.20 bits per heavy atom. The fourth-order valence-corrected chi connectivity index (χ4v) is 2.55. The van der Waals surface area contributed by atoms with Crippen molar-refractivity contribution in [3.8, 4) is 5.75 Å². The first kappa shape index (κ1) is 11.8. The molecule has 2 aromatic rings. The van der Waals surface area contributed by atoms with E-state index in [-0.39, 0.29) is 0 Å². The number of aryl methyl sites for hydroxylation is 2. The minimum atomic E-state index is 0.939. The van der Waals surface area contributed by atoms with Gasteiger partial charge in [0.2, 0.25) is 0 Å². The van der Waals surface area contributed by atoms with E-state index in [1.165, 1.54) is 20.5 Å². The first-order valence-corrected chi connectivity index (χ1v) is 5.58. The molecule has 0 spiro atoms. The van der Waals surface area contributed by atoms with Gasteiger partial charge in [0.05, 0.1) is 7.11 Å². The Morgan fingerprint density at radius 3 is 2.47 bits per heavy atom. The second-order valence-corrected chi connectivity index (χ2v) is 4.40. The largest absolute Gasteiger partial charge is 0.497 e. The van der Waals surface area contributed by atoms with Crippen LogP contribution in [0.15, 0.2) is 31.4 Å². The summed E-state index contributed by atoms with van der Waals surface area (Å²) in [6.45, 7) is 10.3. The zero-order chi connectivity index (χ0) is 11.4. The molecule has 15 heavy (non-hydrogen) atoms. The molecule has 0 radical (unpaired) electrons. The maximum Gasteiger partial charge on any atom is 0.120 e. The van der Waals surface area contributed by atoms with E-state index in [9.17, 15) is 0 Å². The zero-order valence-corrected chi connectivity index (χ0v) is 10.3. The SMILES string of the molecule is C=C.COc1ccc2c(C)c(C)sc2c1. The monoisotopic (exact) mass is 220 g/mol. The fourth-order valence-electron chi connectivity index (χ4n) is 1.46. The molecular formula is C13H16OS. The third kappa shape index (κ3) is 2.21. The van der Waals surface area contributed by atoms with Gasteiger partial charge in [-0.2, -0.15) is 0 Å². The quantitative estimate of drug-likeness (QED) is 0.650. The van der Waals surface area contributed by atoms with Gasteiger partial charge in [-0.1, -0.05) is 0 Å². The van der Waals surface area contributed by atoms with E-state index in [1.807, 2.05) is 17.4 Å². The van der Waals surface area contributed by atoms with E-state index in [0.29, 0.717) is 0 Å². The lowest BCUT2D eigenvalue weighted by Crippen LogP contribution is -1.80. The first-order valence-electron chi connectivity index (χ1n) is 4.76. The smallest absolute Gasteiger partial charge is 0.120 e. The van der Waals surface area contributed by atoms with Crippen molar-refractivity contribution in [2.24, 2.45) is 0 Å². The highest BCUT2D eigenvalue weighted by Gasteiger charge is 2.04. The lowest BCUT2D eigenvalue weighted by Gasteiger charge is -1.98.